The summed E-state index contributed by atoms with van der Waals surface area (Å²) in [6.07, 6.45) is 0. The van der Waals surface area contributed by atoms with Crippen molar-refractivity contribution in [2.45, 2.75) is 0 Å². The third kappa shape index (κ3) is 2.23. The Morgan fingerprint density at radius 2 is 1.21 bits per heavy atom. The number of fused-ring (bicyclic) bond motifs is 2. The average Bonchev–Trinajstić information content (AvgIpc) is 3.18. The number of aromatic hydroxyl groups is 1. The van der Waals surface area contributed by atoms with Gasteiger partial charge in [0.05, 0.1) is 11.3 Å². The smallest absolute Gasteiger partial charge is 0.213 e. The second kappa shape index (κ2) is 6.07. The van der Waals surface area contributed by atoms with Crippen molar-refractivity contribution in [2.75, 3.05) is 0 Å². The summed E-state index contributed by atoms with van der Waals surface area (Å²) in [7, 11) is 47.4. The van der Waals surface area contributed by atoms with E-state index < -0.39 is 11.7 Å². The quantitative estimate of drug-likeness (QED) is 0.433. The molecule has 12 heteroatoms. The first kappa shape index (κ1) is 19.0. The van der Waals surface area contributed by atoms with Gasteiger partial charge < -0.3 is 10.1 Å². The van der Waals surface area contributed by atoms with Gasteiger partial charge in [0.15, 0.2) is 5.88 Å². The molecular formula is C16H2B8N2O2. The molecule has 4 nitrogen and oxygen atoms in total. The number of carbonyl (C=O) groups excluding carboxylic acids is 1. The average molecular weight is 341 g/mol. The van der Waals surface area contributed by atoms with Gasteiger partial charge in [0.25, 0.3) is 0 Å². The molecule has 1 aromatic heterocycles. The molecule has 2 aromatic carbocycles. The van der Waals surface area contributed by atoms with Crippen LogP contribution in [0.5, 0.6) is 5.88 Å². The highest BCUT2D eigenvalue weighted by Gasteiger charge is 2.33. The second-order valence-corrected chi connectivity index (χ2v) is 6.42. The molecule has 0 fully saturated rings. The molecule has 3 aromatic rings. The van der Waals surface area contributed by atoms with Gasteiger partial charge in [0.1, 0.15) is 68.5 Å². The highest BCUT2D eigenvalue weighted by Crippen LogP contribution is 2.31. The SMILES string of the molecule is [B]c1c([B])c([B])c2c(c1[B])N=C(c1c(O)[nH]c3c([B])c([B])c([B])c([B])c13)C2=O. The van der Waals surface area contributed by atoms with E-state index in [-0.39, 0.29) is 77.1 Å². The molecule has 1 aliphatic rings. The fraction of sp³-hybridized carbons (Fsp3) is 0. The number of benzene rings is 2. The first-order valence-electron chi connectivity index (χ1n) is 7.93. The minimum atomic E-state index is -0.615. The standard InChI is InChI=1S/C16H2B8N2O2/c17-4-1-2(16(28)26-12(1)10(23)8(21)6(4)19)14-15(27)3-5(18)7(20)9(22)11(24)13(3)25-14/h26,28H. The van der Waals surface area contributed by atoms with E-state index in [1.807, 2.05) is 0 Å². The summed E-state index contributed by atoms with van der Waals surface area (Å²) in [5, 5.41) is 10.7. The summed E-state index contributed by atoms with van der Waals surface area (Å²) in [6.45, 7) is 0. The number of aromatic nitrogens is 1. The van der Waals surface area contributed by atoms with Gasteiger partial charge in [0, 0.05) is 16.5 Å². The first-order chi connectivity index (χ1) is 13.1. The van der Waals surface area contributed by atoms with Crippen molar-refractivity contribution < 1.29 is 9.90 Å². The number of hydrogen-bond acceptors (Lipinski definition) is 3. The van der Waals surface area contributed by atoms with Crippen LogP contribution in [0, 0.1) is 0 Å². The van der Waals surface area contributed by atoms with Crippen LogP contribution in [0.2, 0.25) is 0 Å². The maximum atomic E-state index is 13.1. The van der Waals surface area contributed by atoms with Crippen molar-refractivity contribution in [1.82, 2.24) is 4.98 Å². The maximum Gasteiger partial charge on any atom is 0.213 e. The van der Waals surface area contributed by atoms with Crippen LogP contribution in [0.4, 0.5) is 5.69 Å². The summed E-state index contributed by atoms with van der Waals surface area (Å²) < 4.78 is 0. The number of Topliss-reactive ketones (excluding diaryl/α,β-unsaturated/α-hetero) is 1. The number of H-pyrrole nitrogens is 1. The van der Waals surface area contributed by atoms with Crippen molar-refractivity contribution >= 4 is 135 Å². The van der Waals surface area contributed by atoms with Crippen molar-refractivity contribution in [2.24, 2.45) is 4.99 Å². The van der Waals surface area contributed by atoms with E-state index in [4.69, 9.17) is 62.8 Å². The molecule has 0 amide bonds. The fourth-order valence-corrected chi connectivity index (χ4v) is 3.36. The minimum absolute atomic E-state index is 0.000579. The Labute approximate surface area is 171 Å². The molecule has 28 heavy (non-hydrogen) atoms. The zero-order chi connectivity index (χ0) is 20.7. The van der Waals surface area contributed by atoms with Gasteiger partial charge in [-0.2, -0.15) is 0 Å². The molecule has 0 saturated heterocycles. The Morgan fingerprint density at radius 1 is 0.679 bits per heavy atom. The van der Waals surface area contributed by atoms with Crippen molar-refractivity contribution in [3.8, 4) is 5.88 Å². The van der Waals surface area contributed by atoms with Gasteiger partial charge in [-0.05, 0) is 0 Å². The zero-order valence-corrected chi connectivity index (χ0v) is 14.4. The predicted molar refractivity (Wildman–Crippen MR) is 120 cm³/mol. The lowest BCUT2D eigenvalue weighted by molar-refractivity contribution is 0.107. The highest BCUT2D eigenvalue weighted by atomic mass is 16.3. The third-order valence-corrected chi connectivity index (χ3v) is 4.92. The van der Waals surface area contributed by atoms with Crippen LogP contribution < -0.4 is 43.7 Å². The lowest BCUT2D eigenvalue weighted by Crippen LogP contribution is -2.49. The number of nitrogens with one attached hydrogen (secondary N) is 1. The van der Waals surface area contributed by atoms with Gasteiger partial charge >= 0.3 is 0 Å². The number of carbonyl (C=O) groups is 1. The molecule has 0 aliphatic carbocycles. The van der Waals surface area contributed by atoms with E-state index in [2.05, 4.69) is 9.98 Å². The lowest BCUT2D eigenvalue weighted by atomic mass is 9.64. The third-order valence-electron chi connectivity index (χ3n) is 4.92. The molecule has 0 saturated carbocycles. The van der Waals surface area contributed by atoms with Gasteiger partial charge in [0.2, 0.25) is 5.78 Å². The Balaban J connectivity index is 2.08. The van der Waals surface area contributed by atoms with Crippen LogP contribution in [-0.4, -0.2) is 84.4 Å². The fourth-order valence-electron chi connectivity index (χ4n) is 3.36. The van der Waals surface area contributed by atoms with Gasteiger partial charge in [-0.1, -0.05) is 21.9 Å². The second-order valence-electron chi connectivity index (χ2n) is 6.42. The molecule has 0 bridgehead atoms. The minimum Gasteiger partial charge on any atom is -0.494 e. The van der Waals surface area contributed by atoms with E-state index in [0.717, 1.165) is 0 Å². The summed E-state index contributed by atoms with van der Waals surface area (Å²) >= 11 is 0. The zero-order valence-electron chi connectivity index (χ0n) is 14.4. The molecule has 112 valence electrons. The van der Waals surface area contributed by atoms with Gasteiger partial charge in [-0.3, -0.25) is 4.79 Å². The normalized spacial score (nSPS) is 13.1. The molecule has 4 rings (SSSR count). The van der Waals surface area contributed by atoms with Crippen LogP contribution in [0.15, 0.2) is 4.99 Å². The summed E-state index contributed by atoms with van der Waals surface area (Å²) in [5.74, 6) is -1.02. The maximum absolute atomic E-state index is 13.1. The number of ketones is 1. The molecular weight excluding hydrogens is 339 g/mol. The van der Waals surface area contributed by atoms with E-state index in [0.29, 0.717) is 0 Å². The number of nitrogens with zero attached hydrogens (tertiary/aromatic N) is 1. The Morgan fingerprint density at radius 3 is 1.86 bits per heavy atom. The van der Waals surface area contributed by atoms with Gasteiger partial charge in [-0.15, -0.1) is 21.9 Å². The van der Waals surface area contributed by atoms with Gasteiger partial charge in [-0.25, -0.2) is 4.99 Å². The molecule has 2 heterocycles. The summed E-state index contributed by atoms with van der Waals surface area (Å²) in [4.78, 5) is 20.0. The lowest BCUT2D eigenvalue weighted by Gasteiger charge is -2.15. The van der Waals surface area contributed by atoms with E-state index in [1.54, 1.807) is 0 Å². The summed E-state index contributed by atoms with van der Waals surface area (Å²) in [6, 6.07) is 0. The largest absolute Gasteiger partial charge is 0.494 e. The van der Waals surface area contributed by atoms with E-state index >= 15 is 0 Å². The van der Waals surface area contributed by atoms with Crippen molar-refractivity contribution in [1.29, 1.82) is 0 Å². The Hall–Kier alpha value is -2.36. The van der Waals surface area contributed by atoms with Crippen molar-refractivity contribution in [3.05, 3.63) is 11.1 Å². The van der Waals surface area contributed by atoms with Crippen LogP contribution in [0.1, 0.15) is 15.9 Å². The topological polar surface area (TPSA) is 65.5 Å². The van der Waals surface area contributed by atoms with Crippen LogP contribution in [0.25, 0.3) is 10.9 Å². The van der Waals surface area contributed by atoms with Crippen LogP contribution >= 0.6 is 0 Å². The molecule has 0 atom stereocenters. The molecule has 2 N–H and O–H groups in total. The predicted octanol–water partition coefficient (Wildman–Crippen LogP) is -6.46. The number of hydrogen-bond donors (Lipinski definition) is 2. The van der Waals surface area contributed by atoms with Crippen molar-refractivity contribution in [3.63, 3.8) is 0 Å². The van der Waals surface area contributed by atoms with E-state index in [9.17, 15) is 9.90 Å². The Kier molecular flexibility index (Phi) is 4.11. The number of aromatic amines is 1. The molecule has 16 radical (unpaired) electrons. The summed E-state index contributed by atoms with van der Waals surface area (Å²) in [5.41, 5.74) is 0.180. The monoisotopic (exact) mass is 342 g/mol. The molecule has 1 aliphatic heterocycles. The number of aliphatic imine (C=N–C) groups is 1. The van der Waals surface area contributed by atoms with Crippen LogP contribution in [0.3, 0.4) is 0 Å². The van der Waals surface area contributed by atoms with E-state index in [1.165, 1.54) is 0 Å². The number of rotatable bonds is 1. The van der Waals surface area contributed by atoms with Crippen LogP contribution in [-0.2, 0) is 0 Å². The Bertz CT molecular complexity index is 1280. The molecule has 0 spiro atoms. The highest BCUT2D eigenvalue weighted by molar-refractivity contribution is 6.71. The molecule has 0 unspecified atom stereocenters. The first-order valence-corrected chi connectivity index (χ1v) is 7.93.